The number of carbonyl (C=O) groups is 8. The highest BCUT2D eigenvalue weighted by Gasteiger charge is 2.80. The van der Waals surface area contributed by atoms with E-state index in [2.05, 4.69) is 20.6 Å². The average molecular weight is 1330 g/mol. The predicted octanol–water partition coefficient (Wildman–Crippen LogP) is 6.40. The van der Waals surface area contributed by atoms with Crippen LogP contribution in [-0.2, 0) is 122 Å². The van der Waals surface area contributed by atoms with Gasteiger partial charge in [-0.1, -0.05) is 34.7 Å². The smallest absolute Gasteiger partial charge is 0.380 e. The molecule has 0 N–H and O–H groups in total. The Labute approximate surface area is 521 Å². The van der Waals surface area contributed by atoms with Crippen molar-refractivity contribution in [3.8, 4) is 10.4 Å². The fraction of sp³-hybridized carbons (Fsp3) is 0.509. The molecule has 0 amide bonds. The Balaban J connectivity index is 0.978. The van der Waals surface area contributed by atoms with Crippen LogP contribution in [0.15, 0.2) is 48.8 Å². The molecule has 0 spiro atoms. The number of rotatable bonds is 23. The molecule has 10 atom stereocenters. The molecular weight excluding hydrogens is 1270 g/mol. The number of aryl methyl sites for hydroxylation is 2. The van der Waals surface area contributed by atoms with Crippen molar-refractivity contribution in [3.63, 3.8) is 0 Å². The van der Waals surface area contributed by atoms with Crippen molar-refractivity contribution < 1.29 is 122 Å². The molecule has 0 radical (unpaired) electrons. The van der Waals surface area contributed by atoms with Gasteiger partial charge in [-0.3, -0.25) is 38.4 Å². The zero-order valence-corrected chi connectivity index (χ0v) is 51.7. The number of halogens is 6. The zero-order valence-electron chi connectivity index (χ0n) is 50.1. The number of alkyl halides is 6. The molecule has 0 bridgehead atoms. The van der Waals surface area contributed by atoms with E-state index in [9.17, 15) is 38.4 Å². The number of benzene rings is 1. The molecule has 3 aliphatic rings. The molecule has 0 saturated carbocycles. The van der Waals surface area contributed by atoms with Gasteiger partial charge < -0.3 is 56.8 Å². The lowest BCUT2D eigenvalue weighted by Gasteiger charge is -2.43. The van der Waals surface area contributed by atoms with Crippen LogP contribution in [-0.4, -0.2) is 170 Å². The molecule has 2 aliphatic heterocycles. The van der Waals surface area contributed by atoms with E-state index in [4.69, 9.17) is 56.8 Å². The number of esters is 8. The Kier molecular flexibility index (Phi) is 21.2. The third kappa shape index (κ3) is 15.8. The molecule has 1 aromatic carbocycles. The summed E-state index contributed by atoms with van der Waals surface area (Å²) in [6, 6.07) is 8.78. The van der Waals surface area contributed by atoms with Gasteiger partial charge in [-0.15, -0.1) is 32.9 Å². The minimum atomic E-state index is -5.87. The van der Waals surface area contributed by atoms with E-state index in [1.165, 1.54) is 35.6 Å². The lowest BCUT2D eigenvalue weighted by molar-refractivity contribution is -0.310. The summed E-state index contributed by atoms with van der Waals surface area (Å²) in [6.45, 7) is 9.31. The number of hydrogen-bond acceptors (Lipinski definition) is 26. The largest absolute Gasteiger partial charge is 0.463 e. The highest BCUT2D eigenvalue weighted by atomic mass is 32.1. The van der Waals surface area contributed by atoms with Gasteiger partial charge in [0.2, 0.25) is 0 Å². The SMILES string of the molecule is CC(=O)OC[C@H]1O[C@@H](OCc2cn(Cc3ccc(-c4cc(C5=C(c6cc(Cn7cc(CO[C@@H]8O[C@H](COC(C)=O)[C@@H](OC(C)=O)[C@H](OC(C)=O)[C@H]8OC(C)=O)nn7)sc6C)C(F)(F)C(F)(F)C5(F)F)c(C)s4)cc3)nn2)[C@H](OC(C)=O)[C@@H](OC(C)=O)[C@@H]1OC(C)=O. The second-order valence-electron chi connectivity index (χ2n) is 21.0. The Morgan fingerprint density at radius 2 is 0.890 bits per heavy atom. The minimum Gasteiger partial charge on any atom is -0.463 e. The second-order valence-corrected chi connectivity index (χ2v) is 23.6. The summed E-state index contributed by atoms with van der Waals surface area (Å²) >= 11 is 1.77. The Morgan fingerprint density at radius 1 is 0.505 bits per heavy atom. The lowest BCUT2D eigenvalue weighted by Crippen LogP contribution is -2.62. The number of carbonyl (C=O) groups excluding carboxylic acids is 8. The maximum absolute atomic E-state index is 16.3. The van der Waals surface area contributed by atoms with Crippen molar-refractivity contribution in [2.45, 2.75) is 175 Å². The Hall–Kier alpha value is -8.18. The van der Waals surface area contributed by atoms with Crippen LogP contribution in [0.4, 0.5) is 26.3 Å². The van der Waals surface area contributed by atoms with Crippen molar-refractivity contribution in [1.82, 2.24) is 30.0 Å². The normalized spacial score (nSPS) is 24.0. The van der Waals surface area contributed by atoms with Crippen LogP contribution in [0.3, 0.4) is 0 Å². The van der Waals surface area contributed by atoms with E-state index in [0.717, 1.165) is 90.2 Å². The molecule has 492 valence electrons. The van der Waals surface area contributed by atoms with Gasteiger partial charge in [-0.25, -0.2) is 9.36 Å². The van der Waals surface area contributed by atoms with Gasteiger partial charge in [-0.2, -0.15) is 26.3 Å². The van der Waals surface area contributed by atoms with Crippen molar-refractivity contribution >= 4 is 81.6 Å². The summed E-state index contributed by atoms with van der Waals surface area (Å²) in [6.07, 6.45) is -11.8. The number of nitrogens with zero attached hydrogens (tertiary/aromatic N) is 6. The van der Waals surface area contributed by atoms with Crippen LogP contribution >= 0.6 is 22.7 Å². The molecule has 0 unspecified atom stereocenters. The maximum atomic E-state index is 16.3. The number of aromatic nitrogens is 6. The first-order chi connectivity index (χ1) is 42.7. The quantitative estimate of drug-likeness (QED) is 0.0388. The first-order valence-corrected chi connectivity index (χ1v) is 29.2. The van der Waals surface area contributed by atoms with E-state index in [1.807, 2.05) is 0 Å². The molecule has 2 saturated heterocycles. The summed E-state index contributed by atoms with van der Waals surface area (Å²) < 4.78 is 165. The maximum Gasteiger partial charge on any atom is 0.380 e. The third-order valence-electron chi connectivity index (χ3n) is 13.9. The highest BCUT2D eigenvalue weighted by molar-refractivity contribution is 7.15. The van der Waals surface area contributed by atoms with Crippen LogP contribution in [0, 0.1) is 13.8 Å². The van der Waals surface area contributed by atoms with Crippen molar-refractivity contribution in [3.05, 3.63) is 91.5 Å². The van der Waals surface area contributed by atoms with Crippen LogP contribution in [0.1, 0.15) is 98.1 Å². The third-order valence-corrected chi connectivity index (χ3v) is 16.0. The Bertz CT molecular complexity index is 3590. The van der Waals surface area contributed by atoms with Crippen LogP contribution in [0.25, 0.3) is 21.6 Å². The predicted molar refractivity (Wildman–Crippen MR) is 297 cm³/mol. The molecular formula is C57H60F6N6O20S2. The second kappa shape index (κ2) is 28.1. The van der Waals surface area contributed by atoms with Crippen molar-refractivity contribution in [1.29, 1.82) is 0 Å². The molecule has 4 aromatic heterocycles. The minimum absolute atomic E-state index is 0.00102. The van der Waals surface area contributed by atoms with Gasteiger partial charge in [0, 0.05) is 86.0 Å². The number of allylic oxidation sites excluding steroid dienone is 2. The van der Waals surface area contributed by atoms with Gasteiger partial charge in [0.05, 0.1) is 38.7 Å². The summed E-state index contributed by atoms with van der Waals surface area (Å²) in [5.41, 5.74) is -2.83. The first kappa shape index (κ1) is 68.7. The van der Waals surface area contributed by atoms with Gasteiger partial charge in [0.15, 0.2) is 49.2 Å². The van der Waals surface area contributed by atoms with Crippen molar-refractivity contribution in [2.24, 2.45) is 0 Å². The molecule has 26 nitrogen and oxygen atoms in total. The summed E-state index contributed by atoms with van der Waals surface area (Å²) in [7, 11) is 0. The average Bonchev–Trinajstić information content (AvgIpc) is 1.53. The van der Waals surface area contributed by atoms with Gasteiger partial charge in [0.1, 0.15) is 36.8 Å². The summed E-state index contributed by atoms with van der Waals surface area (Å²) in [5, 5.41) is 16.3. The Morgan fingerprint density at radius 3 is 1.31 bits per heavy atom. The first-order valence-electron chi connectivity index (χ1n) is 27.5. The van der Waals surface area contributed by atoms with Gasteiger partial charge in [0.25, 0.3) is 0 Å². The number of thiophene rings is 2. The fourth-order valence-electron chi connectivity index (χ4n) is 10.2. The molecule has 2 fully saturated rings. The van der Waals surface area contributed by atoms with Gasteiger partial charge >= 0.3 is 65.5 Å². The number of ether oxygens (including phenoxy) is 12. The zero-order chi connectivity index (χ0) is 66.6. The molecule has 6 heterocycles. The van der Waals surface area contributed by atoms with E-state index in [0.29, 0.717) is 11.1 Å². The van der Waals surface area contributed by atoms with E-state index >= 15 is 26.3 Å². The molecule has 91 heavy (non-hydrogen) atoms. The molecule has 1 aliphatic carbocycles. The van der Waals surface area contributed by atoms with Crippen LogP contribution in [0.5, 0.6) is 0 Å². The standard InChI is InChI=1S/C57H60F6N6O20S2/c1-25-40(15-39(90-25)20-69-19-38(65-67-69)22-81-54-52(87-34(10)77)50(85-32(8)75)48(83-30(6)73)43(89-54)24-79-28(4)71)45-46(56(60,61)57(62,63)55(45,58)59)41-16-44(91-26(41)2)36-13-11-35(12-14-36)17-68-18-37(64-66-68)21-80-53-51(86-33(9)76)49(84-31(7)74)47(82-29(5)72)42(88-53)23-78-27(3)70/h11-16,18-19,42-43,47-54H,17,20-24H2,1-10H3/t42-,43-,47-,48-,49+,50+,51-,52-,53-,54-/m1/s1. The van der Waals surface area contributed by atoms with E-state index in [1.54, 1.807) is 24.3 Å². The van der Waals surface area contributed by atoms with Crippen LogP contribution < -0.4 is 0 Å². The van der Waals surface area contributed by atoms with Crippen molar-refractivity contribution in [2.75, 3.05) is 13.2 Å². The van der Waals surface area contributed by atoms with Crippen LogP contribution in [0.2, 0.25) is 0 Å². The highest BCUT2D eigenvalue weighted by Crippen LogP contribution is 2.66. The summed E-state index contributed by atoms with van der Waals surface area (Å²) in [5.74, 6) is -23.2. The monoisotopic (exact) mass is 1330 g/mol. The van der Waals surface area contributed by atoms with Gasteiger partial charge in [-0.05, 0) is 48.2 Å². The molecule has 34 heteroatoms. The lowest BCUT2D eigenvalue weighted by atomic mass is 9.94. The molecule has 5 aromatic rings. The summed E-state index contributed by atoms with van der Waals surface area (Å²) in [4.78, 5) is 97.2. The number of hydrogen-bond donors (Lipinski definition) is 0. The van der Waals surface area contributed by atoms with E-state index < -0.39 is 169 Å². The van der Waals surface area contributed by atoms with E-state index in [-0.39, 0.29) is 50.6 Å². The molecule has 8 rings (SSSR count). The topological polar surface area (TPSA) is 309 Å². The fourth-order valence-corrected chi connectivity index (χ4v) is 12.3.